The Kier molecular flexibility index (Phi) is 15.3. The van der Waals surface area contributed by atoms with Gasteiger partial charge in [-0.3, -0.25) is 4.79 Å². The van der Waals surface area contributed by atoms with Gasteiger partial charge in [0.15, 0.2) is 0 Å². The Hall–Kier alpha value is -0.610. The van der Waals surface area contributed by atoms with Crippen molar-refractivity contribution in [2.75, 3.05) is 20.3 Å². The number of ether oxygens (including phenoxy) is 1. The highest BCUT2D eigenvalue weighted by molar-refractivity contribution is 5.73. The minimum absolute atomic E-state index is 0.488. The second-order valence-corrected chi connectivity index (χ2v) is 5.76. The van der Waals surface area contributed by atoms with Crippen LogP contribution in [0.5, 0.6) is 0 Å². The summed E-state index contributed by atoms with van der Waals surface area (Å²) in [6, 6.07) is -0.488. The number of nitrogens with one attached hydrogen (secondary N) is 1. The highest BCUT2D eigenvalue weighted by Crippen LogP contribution is 2.10. The molecule has 0 spiro atoms. The topological polar surface area (TPSA) is 58.6 Å². The summed E-state index contributed by atoms with van der Waals surface area (Å²) in [6.07, 6.45) is 13.7. The van der Waals surface area contributed by atoms with E-state index in [2.05, 4.69) is 12.2 Å². The first-order valence-corrected chi connectivity index (χ1v) is 8.70. The van der Waals surface area contributed by atoms with Crippen molar-refractivity contribution in [3.63, 3.8) is 0 Å². The molecule has 0 aromatic heterocycles. The maximum Gasteiger partial charge on any atom is 0.320 e. The fourth-order valence-corrected chi connectivity index (χ4v) is 2.39. The molecule has 0 fully saturated rings. The van der Waals surface area contributed by atoms with Gasteiger partial charge in [-0.05, 0) is 19.9 Å². The molecule has 2 N–H and O–H groups in total. The van der Waals surface area contributed by atoms with Crippen LogP contribution in [0.25, 0.3) is 0 Å². The van der Waals surface area contributed by atoms with Gasteiger partial charge in [0.25, 0.3) is 0 Å². The molecule has 0 aliphatic carbocycles. The molecule has 126 valence electrons. The number of carbonyl (C=O) groups is 1. The third kappa shape index (κ3) is 14.1. The van der Waals surface area contributed by atoms with Crippen molar-refractivity contribution >= 4 is 5.97 Å². The molecule has 0 aromatic carbocycles. The first-order valence-electron chi connectivity index (χ1n) is 8.70. The van der Waals surface area contributed by atoms with Gasteiger partial charge in [-0.15, -0.1) is 0 Å². The van der Waals surface area contributed by atoms with Crippen LogP contribution in [-0.4, -0.2) is 37.4 Å². The van der Waals surface area contributed by atoms with Crippen LogP contribution in [-0.2, 0) is 9.53 Å². The molecule has 0 rings (SSSR count). The zero-order valence-electron chi connectivity index (χ0n) is 14.0. The van der Waals surface area contributed by atoms with Crippen LogP contribution < -0.4 is 5.32 Å². The van der Waals surface area contributed by atoms with Crippen molar-refractivity contribution in [3.05, 3.63) is 0 Å². The van der Waals surface area contributed by atoms with Crippen molar-refractivity contribution in [2.24, 2.45) is 0 Å². The molecule has 4 heteroatoms. The van der Waals surface area contributed by atoms with Gasteiger partial charge in [0.05, 0.1) is 0 Å². The second-order valence-electron chi connectivity index (χ2n) is 5.76. The van der Waals surface area contributed by atoms with Crippen LogP contribution in [0.15, 0.2) is 0 Å². The number of hydrogen-bond donors (Lipinski definition) is 2. The summed E-state index contributed by atoms with van der Waals surface area (Å²) in [6.45, 7) is 3.53. The lowest BCUT2D eigenvalue weighted by atomic mass is 10.1. The first kappa shape index (κ1) is 20.4. The van der Waals surface area contributed by atoms with E-state index in [0.717, 1.165) is 13.0 Å². The summed E-state index contributed by atoms with van der Waals surface area (Å²) in [5.74, 6) is -0.806. The normalized spacial score (nSPS) is 12.5. The summed E-state index contributed by atoms with van der Waals surface area (Å²) in [4.78, 5) is 10.8. The molecular formula is C17H35NO3. The van der Waals surface area contributed by atoms with Gasteiger partial charge in [-0.1, -0.05) is 64.7 Å². The molecule has 0 aliphatic heterocycles. The monoisotopic (exact) mass is 301 g/mol. The lowest BCUT2D eigenvalue weighted by Crippen LogP contribution is -2.34. The Morgan fingerprint density at radius 1 is 0.952 bits per heavy atom. The van der Waals surface area contributed by atoms with Gasteiger partial charge in [-0.2, -0.15) is 0 Å². The van der Waals surface area contributed by atoms with E-state index in [9.17, 15) is 4.79 Å². The summed E-state index contributed by atoms with van der Waals surface area (Å²) >= 11 is 0. The van der Waals surface area contributed by atoms with E-state index >= 15 is 0 Å². The van der Waals surface area contributed by atoms with Gasteiger partial charge in [0.1, 0.15) is 6.04 Å². The third-order valence-corrected chi connectivity index (χ3v) is 3.84. The Morgan fingerprint density at radius 3 is 1.95 bits per heavy atom. The highest BCUT2D eigenvalue weighted by atomic mass is 16.5. The van der Waals surface area contributed by atoms with E-state index in [1.54, 1.807) is 7.05 Å². The molecule has 0 heterocycles. The van der Waals surface area contributed by atoms with Gasteiger partial charge in [-0.25, -0.2) is 0 Å². The van der Waals surface area contributed by atoms with E-state index in [4.69, 9.17) is 9.84 Å². The summed E-state index contributed by atoms with van der Waals surface area (Å²) in [5.41, 5.74) is 0. The standard InChI is InChI=1S/C17H35NO3/c1-3-4-5-6-7-8-9-10-11-12-14-21-15-13-16(18-2)17(19)20/h16,18H,3-15H2,1-2H3,(H,19,20). The van der Waals surface area contributed by atoms with E-state index in [1.165, 1.54) is 57.8 Å². The zero-order chi connectivity index (χ0) is 15.8. The fourth-order valence-electron chi connectivity index (χ4n) is 2.39. The minimum Gasteiger partial charge on any atom is -0.480 e. The smallest absolute Gasteiger partial charge is 0.320 e. The van der Waals surface area contributed by atoms with Crippen LogP contribution in [0.2, 0.25) is 0 Å². The van der Waals surface area contributed by atoms with Crippen LogP contribution >= 0.6 is 0 Å². The number of unbranched alkanes of at least 4 members (excludes halogenated alkanes) is 9. The van der Waals surface area contributed by atoms with Crippen molar-refractivity contribution < 1.29 is 14.6 Å². The average molecular weight is 301 g/mol. The molecule has 4 nitrogen and oxygen atoms in total. The van der Waals surface area contributed by atoms with Gasteiger partial charge in [0.2, 0.25) is 0 Å². The fraction of sp³-hybridized carbons (Fsp3) is 0.941. The number of carboxylic acids is 1. The summed E-state index contributed by atoms with van der Waals surface area (Å²) in [7, 11) is 1.67. The number of likely N-dealkylation sites (N-methyl/N-ethyl adjacent to an activating group) is 1. The zero-order valence-corrected chi connectivity index (χ0v) is 14.0. The van der Waals surface area contributed by atoms with Crippen molar-refractivity contribution in [2.45, 2.75) is 83.6 Å². The Bertz CT molecular complexity index is 234. The molecule has 21 heavy (non-hydrogen) atoms. The number of carboxylic acid groups (broad SMARTS) is 1. The largest absolute Gasteiger partial charge is 0.480 e. The SMILES string of the molecule is CCCCCCCCCCCCOCCC(NC)C(=O)O. The van der Waals surface area contributed by atoms with E-state index < -0.39 is 12.0 Å². The predicted octanol–water partition coefficient (Wildman–Crippen LogP) is 3.99. The van der Waals surface area contributed by atoms with E-state index in [0.29, 0.717) is 13.0 Å². The summed E-state index contributed by atoms with van der Waals surface area (Å²) < 4.78 is 5.48. The van der Waals surface area contributed by atoms with E-state index in [-0.39, 0.29) is 0 Å². The Morgan fingerprint density at radius 2 is 1.48 bits per heavy atom. The third-order valence-electron chi connectivity index (χ3n) is 3.84. The van der Waals surface area contributed by atoms with Crippen LogP contribution in [0.3, 0.4) is 0 Å². The maximum atomic E-state index is 10.8. The van der Waals surface area contributed by atoms with Crippen molar-refractivity contribution in [1.29, 1.82) is 0 Å². The highest BCUT2D eigenvalue weighted by Gasteiger charge is 2.13. The summed E-state index contributed by atoms with van der Waals surface area (Å²) in [5, 5.41) is 11.6. The molecular weight excluding hydrogens is 266 g/mol. The Labute approximate surface area is 130 Å². The molecule has 0 saturated carbocycles. The number of aliphatic carboxylic acids is 1. The molecule has 0 bridgehead atoms. The molecule has 1 atom stereocenters. The Balaban J connectivity index is 3.14. The number of rotatable bonds is 16. The molecule has 0 radical (unpaired) electrons. The van der Waals surface area contributed by atoms with Crippen molar-refractivity contribution in [1.82, 2.24) is 5.32 Å². The first-order chi connectivity index (χ1) is 10.2. The molecule has 0 saturated heterocycles. The van der Waals surface area contributed by atoms with Gasteiger partial charge >= 0.3 is 5.97 Å². The molecule has 0 aliphatic rings. The predicted molar refractivity (Wildman–Crippen MR) is 87.8 cm³/mol. The quantitative estimate of drug-likeness (QED) is 0.423. The minimum atomic E-state index is -0.806. The lowest BCUT2D eigenvalue weighted by Gasteiger charge is -2.11. The molecule has 1 unspecified atom stereocenters. The molecule has 0 amide bonds. The average Bonchev–Trinajstić information content (AvgIpc) is 2.47. The van der Waals surface area contributed by atoms with Crippen LogP contribution in [0.4, 0.5) is 0 Å². The lowest BCUT2D eigenvalue weighted by molar-refractivity contribution is -0.139. The maximum absolute atomic E-state index is 10.8. The second kappa shape index (κ2) is 15.8. The number of hydrogen-bond acceptors (Lipinski definition) is 3. The van der Waals surface area contributed by atoms with Gasteiger partial charge in [0, 0.05) is 13.2 Å². The van der Waals surface area contributed by atoms with Crippen LogP contribution in [0, 0.1) is 0 Å². The molecule has 0 aromatic rings. The van der Waals surface area contributed by atoms with Gasteiger partial charge < -0.3 is 15.2 Å². The van der Waals surface area contributed by atoms with E-state index in [1.807, 2.05) is 0 Å². The van der Waals surface area contributed by atoms with Crippen LogP contribution in [0.1, 0.15) is 77.6 Å². The van der Waals surface area contributed by atoms with Crippen molar-refractivity contribution in [3.8, 4) is 0 Å².